The van der Waals surface area contributed by atoms with Crippen molar-refractivity contribution in [2.24, 2.45) is 0 Å². The summed E-state index contributed by atoms with van der Waals surface area (Å²) in [5, 5.41) is 9.05. The number of aromatic amines is 1. The van der Waals surface area contributed by atoms with E-state index in [9.17, 15) is 8.78 Å². The van der Waals surface area contributed by atoms with Crippen molar-refractivity contribution in [1.29, 1.82) is 5.26 Å². The third-order valence-corrected chi connectivity index (χ3v) is 3.21. The van der Waals surface area contributed by atoms with Crippen LogP contribution in [0.2, 0.25) is 0 Å². The minimum absolute atomic E-state index is 0.254. The molecule has 1 aromatic carbocycles. The first-order chi connectivity index (χ1) is 8.64. The van der Waals surface area contributed by atoms with Gasteiger partial charge in [-0.05, 0) is 25.0 Å². The standard InChI is InChI=1S/C13H9F2N3/c14-8-1-2-9(10(15)5-8)11-6-17-12(18-11)13(7-16)3-4-13/h1-2,5-6H,3-4H2,(H,17,18). The lowest BCUT2D eigenvalue weighted by Crippen LogP contribution is -2.04. The zero-order valence-electron chi connectivity index (χ0n) is 9.37. The van der Waals surface area contributed by atoms with Crippen LogP contribution >= 0.6 is 0 Å². The number of imidazole rings is 1. The molecule has 2 aromatic rings. The molecule has 0 radical (unpaired) electrons. The molecule has 0 bridgehead atoms. The SMILES string of the molecule is N#CC1(c2ncc(-c3ccc(F)cc3F)[nH]2)CC1. The highest BCUT2D eigenvalue weighted by molar-refractivity contribution is 5.59. The molecule has 0 amide bonds. The first kappa shape index (κ1) is 10.9. The Morgan fingerprint density at radius 3 is 2.72 bits per heavy atom. The molecule has 3 rings (SSSR count). The van der Waals surface area contributed by atoms with Crippen molar-refractivity contribution in [3.8, 4) is 17.3 Å². The van der Waals surface area contributed by atoms with Gasteiger partial charge in [-0.3, -0.25) is 0 Å². The molecule has 0 atom stereocenters. The second-order valence-corrected chi connectivity index (χ2v) is 4.46. The molecule has 5 heteroatoms. The highest BCUT2D eigenvalue weighted by Crippen LogP contribution is 2.46. The Morgan fingerprint density at radius 2 is 2.11 bits per heavy atom. The third kappa shape index (κ3) is 1.58. The van der Waals surface area contributed by atoms with Gasteiger partial charge >= 0.3 is 0 Å². The van der Waals surface area contributed by atoms with Crippen molar-refractivity contribution in [1.82, 2.24) is 9.97 Å². The number of nitrogens with one attached hydrogen (secondary N) is 1. The summed E-state index contributed by atoms with van der Waals surface area (Å²) in [6.07, 6.45) is 3.01. The summed E-state index contributed by atoms with van der Waals surface area (Å²) in [5.41, 5.74) is 0.183. The predicted octanol–water partition coefficient (Wildman–Crippen LogP) is 2.91. The number of rotatable bonds is 2. The molecule has 1 N–H and O–H groups in total. The zero-order chi connectivity index (χ0) is 12.8. The maximum atomic E-state index is 13.6. The monoisotopic (exact) mass is 245 g/mol. The second-order valence-electron chi connectivity index (χ2n) is 4.46. The molecular formula is C13H9F2N3. The summed E-state index contributed by atoms with van der Waals surface area (Å²) in [7, 11) is 0. The number of halogens is 2. The van der Waals surface area contributed by atoms with E-state index in [0.29, 0.717) is 11.5 Å². The van der Waals surface area contributed by atoms with Gasteiger partial charge < -0.3 is 4.98 Å². The van der Waals surface area contributed by atoms with Crippen molar-refractivity contribution >= 4 is 0 Å². The van der Waals surface area contributed by atoms with Crippen LogP contribution < -0.4 is 0 Å². The molecular weight excluding hydrogens is 236 g/mol. The average Bonchev–Trinajstić information content (AvgIpc) is 3.00. The summed E-state index contributed by atoms with van der Waals surface area (Å²) in [6.45, 7) is 0. The lowest BCUT2D eigenvalue weighted by molar-refractivity contribution is 0.585. The Hall–Kier alpha value is -2.22. The van der Waals surface area contributed by atoms with Crippen LogP contribution in [0.3, 0.4) is 0 Å². The molecule has 1 aliphatic rings. The number of hydrogen-bond donors (Lipinski definition) is 1. The van der Waals surface area contributed by atoms with Gasteiger partial charge in [0.2, 0.25) is 0 Å². The van der Waals surface area contributed by atoms with Gasteiger partial charge in [0.05, 0.1) is 18.0 Å². The Labute approximate surface area is 102 Å². The van der Waals surface area contributed by atoms with E-state index in [0.717, 1.165) is 18.9 Å². The van der Waals surface area contributed by atoms with Crippen molar-refractivity contribution in [3.05, 3.63) is 41.9 Å². The number of aromatic nitrogens is 2. The molecule has 1 saturated carbocycles. The minimum Gasteiger partial charge on any atom is -0.341 e. The van der Waals surface area contributed by atoms with Crippen LogP contribution in [0.1, 0.15) is 18.7 Å². The summed E-state index contributed by atoms with van der Waals surface area (Å²) in [4.78, 5) is 7.07. The molecule has 18 heavy (non-hydrogen) atoms. The average molecular weight is 245 g/mol. The molecule has 1 fully saturated rings. The molecule has 3 nitrogen and oxygen atoms in total. The molecule has 1 heterocycles. The number of H-pyrrole nitrogens is 1. The van der Waals surface area contributed by atoms with Crippen molar-refractivity contribution < 1.29 is 8.78 Å². The highest BCUT2D eigenvalue weighted by atomic mass is 19.1. The first-order valence-electron chi connectivity index (χ1n) is 5.57. The molecule has 1 aromatic heterocycles. The van der Waals surface area contributed by atoms with E-state index in [4.69, 9.17) is 5.26 Å². The van der Waals surface area contributed by atoms with Crippen LogP contribution in [0.15, 0.2) is 24.4 Å². The van der Waals surface area contributed by atoms with E-state index >= 15 is 0 Å². The highest BCUT2D eigenvalue weighted by Gasteiger charge is 2.47. The fourth-order valence-electron chi connectivity index (χ4n) is 1.94. The first-order valence-corrected chi connectivity index (χ1v) is 5.57. The van der Waals surface area contributed by atoms with E-state index in [-0.39, 0.29) is 5.56 Å². The van der Waals surface area contributed by atoms with Crippen LogP contribution in [-0.2, 0) is 5.41 Å². The third-order valence-electron chi connectivity index (χ3n) is 3.21. The molecule has 1 aliphatic carbocycles. The molecule has 0 spiro atoms. The van der Waals surface area contributed by atoms with Gasteiger partial charge in [-0.1, -0.05) is 0 Å². The van der Waals surface area contributed by atoms with Gasteiger partial charge in [0.1, 0.15) is 22.9 Å². The number of nitriles is 1. The van der Waals surface area contributed by atoms with E-state index in [1.807, 2.05) is 0 Å². The predicted molar refractivity (Wildman–Crippen MR) is 60.5 cm³/mol. The Kier molecular flexibility index (Phi) is 2.20. The van der Waals surface area contributed by atoms with Gasteiger partial charge in [-0.2, -0.15) is 5.26 Å². The van der Waals surface area contributed by atoms with Gasteiger partial charge in [-0.15, -0.1) is 0 Å². The molecule has 0 saturated heterocycles. The number of hydrogen-bond acceptors (Lipinski definition) is 2. The molecule has 0 unspecified atom stereocenters. The second kappa shape index (κ2) is 3.64. The minimum atomic E-state index is -0.646. The van der Waals surface area contributed by atoms with Crippen LogP contribution in [-0.4, -0.2) is 9.97 Å². The normalized spacial score (nSPS) is 16.3. The fraction of sp³-hybridized carbons (Fsp3) is 0.231. The van der Waals surface area contributed by atoms with Crippen molar-refractivity contribution in [2.45, 2.75) is 18.3 Å². The topological polar surface area (TPSA) is 52.5 Å². The van der Waals surface area contributed by atoms with Crippen molar-refractivity contribution in [2.75, 3.05) is 0 Å². The van der Waals surface area contributed by atoms with Crippen LogP contribution in [0.5, 0.6) is 0 Å². The van der Waals surface area contributed by atoms with Gasteiger partial charge in [0.25, 0.3) is 0 Å². The fourth-order valence-corrected chi connectivity index (χ4v) is 1.94. The summed E-state index contributed by atoms with van der Waals surface area (Å²) in [6, 6.07) is 5.58. The number of benzene rings is 1. The maximum Gasteiger partial charge on any atom is 0.135 e. The largest absolute Gasteiger partial charge is 0.341 e. The smallest absolute Gasteiger partial charge is 0.135 e. The molecule has 90 valence electrons. The van der Waals surface area contributed by atoms with Crippen LogP contribution in [0, 0.1) is 23.0 Å². The Bertz CT molecular complexity index is 650. The van der Waals surface area contributed by atoms with Gasteiger partial charge in [-0.25, -0.2) is 13.8 Å². The molecule has 0 aliphatic heterocycles. The Morgan fingerprint density at radius 1 is 1.33 bits per heavy atom. The van der Waals surface area contributed by atoms with Gasteiger partial charge in [0, 0.05) is 11.6 Å². The summed E-state index contributed by atoms with van der Waals surface area (Å²) in [5.74, 6) is -0.706. The lowest BCUT2D eigenvalue weighted by atomic mass is 10.1. The number of nitrogens with zero attached hydrogens (tertiary/aromatic N) is 2. The Balaban J connectivity index is 2.01. The summed E-state index contributed by atoms with van der Waals surface area (Å²) >= 11 is 0. The van der Waals surface area contributed by atoms with E-state index in [2.05, 4.69) is 16.0 Å². The lowest BCUT2D eigenvalue weighted by Gasteiger charge is -2.01. The van der Waals surface area contributed by atoms with Gasteiger partial charge in [0.15, 0.2) is 0 Å². The quantitative estimate of drug-likeness (QED) is 0.884. The van der Waals surface area contributed by atoms with Crippen LogP contribution in [0.25, 0.3) is 11.3 Å². The maximum absolute atomic E-state index is 13.6. The van der Waals surface area contributed by atoms with E-state index < -0.39 is 17.0 Å². The zero-order valence-corrected chi connectivity index (χ0v) is 9.37. The van der Waals surface area contributed by atoms with E-state index in [1.54, 1.807) is 0 Å². The van der Waals surface area contributed by atoms with E-state index in [1.165, 1.54) is 18.3 Å². The van der Waals surface area contributed by atoms with Crippen molar-refractivity contribution in [3.63, 3.8) is 0 Å². The summed E-state index contributed by atoms with van der Waals surface area (Å²) < 4.78 is 26.4. The van der Waals surface area contributed by atoms with Crippen LogP contribution in [0.4, 0.5) is 8.78 Å².